The lowest BCUT2D eigenvalue weighted by Crippen LogP contribution is -2.54. The van der Waals surface area contributed by atoms with Crippen molar-refractivity contribution < 1.29 is 17.5 Å². The van der Waals surface area contributed by atoms with Gasteiger partial charge in [-0.2, -0.15) is 4.31 Å². The lowest BCUT2D eigenvalue weighted by Gasteiger charge is -2.41. The summed E-state index contributed by atoms with van der Waals surface area (Å²) in [5, 5.41) is 0.532. The van der Waals surface area contributed by atoms with Crippen LogP contribution in [0.5, 0.6) is 0 Å². The molecular formula is C12H16BrFN2O3S. The van der Waals surface area contributed by atoms with E-state index in [-0.39, 0.29) is 24.1 Å². The Kier molecular flexibility index (Phi) is 4.48. The zero-order valence-electron chi connectivity index (χ0n) is 11.2. The molecule has 5 nitrogen and oxygen atoms in total. The first kappa shape index (κ1) is 15.8. The maximum Gasteiger partial charge on any atom is 0.244 e. The highest BCUT2D eigenvalue weighted by molar-refractivity contribution is 9.09. The van der Waals surface area contributed by atoms with E-state index in [4.69, 9.17) is 4.74 Å². The van der Waals surface area contributed by atoms with Gasteiger partial charge in [-0.25, -0.2) is 12.8 Å². The molecule has 1 aliphatic heterocycles. The Bertz CT molecular complexity index is 594. The Morgan fingerprint density at radius 1 is 1.55 bits per heavy atom. The average Bonchev–Trinajstić information content (AvgIpc) is 2.36. The number of halogens is 2. The van der Waals surface area contributed by atoms with E-state index in [9.17, 15) is 12.8 Å². The zero-order chi connectivity index (χ0) is 15.0. The molecule has 1 aromatic rings. The van der Waals surface area contributed by atoms with Crippen LogP contribution in [-0.2, 0) is 14.8 Å². The third kappa shape index (κ3) is 3.36. The lowest BCUT2D eigenvalue weighted by molar-refractivity contribution is -0.106. The fourth-order valence-electron chi connectivity index (χ4n) is 2.19. The Balaban J connectivity index is 2.33. The molecule has 1 unspecified atom stereocenters. The number of pyridine rings is 1. The van der Waals surface area contributed by atoms with E-state index >= 15 is 0 Å². The number of sulfonamides is 1. The van der Waals surface area contributed by atoms with Crippen LogP contribution in [0.2, 0.25) is 0 Å². The molecule has 2 rings (SSSR count). The van der Waals surface area contributed by atoms with Gasteiger partial charge in [0.25, 0.3) is 0 Å². The first-order valence-electron chi connectivity index (χ1n) is 6.09. The summed E-state index contributed by atoms with van der Waals surface area (Å²) in [4.78, 5) is 3.46. The first-order valence-corrected chi connectivity index (χ1v) is 8.65. The summed E-state index contributed by atoms with van der Waals surface area (Å²) in [7, 11) is -3.77. The summed E-state index contributed by atoms with van der Waals surface area (Å²) < 4.78 is 45.3. The van der Waals surface area contributed by atoms with E-state index in [2.05, 4.69) is 20.9 Å². The predicted octanol–water partition coefficient (Wildman–Crippen LogP) is 1.78. The van der Waals surface area contributed by atoms with Gasteiger partial charge in [-0.15, -0.1) is 0 Å². The number of hydrogen-bond acceptors (Lipinski definition) is 4. The number of rotatable bonds is 3. The van der Waals surface area contributed by atoms with Crippen molar-refractivity contribution in [2.75, 3.05) is 18.4 Å². The monoisotopic (exact) mass is 366 g/mol. The molecule has 1 atom stereocenters. The summed E-state index contributed by atoms with van der Waals surface area (Å²) in [6.07, 6.45) is 1.89. The molecule has 0 aromatic carbocycles. The smallest absolute Gasteiger partial charge is 0.244 e. The SMILES string of the molecule is CC1(C)CN(S(=O)(=O)c2cncc(F)c2)CC(CBr)O1. The largest absolute Gasteiger partial charge is 0.369 e. The van der Waals surface area contributed by atoms with Crippen LogP contribution in [-0.4, -0.2) is 47.8 Å². The highest BCUT2D eigenvalue weighted by Crippen LogP contribution is 2.27. The van der Waals surface area contributed by atoms with Gasteiger partial charge < -0.3 is 4.74 Å². The van der Waals surface area contributed by atoms with Crippen molar-refractivity contribution in [2.45, 2.75) is 30.4 Å². The summed E-state index contributed by atoms with van der Waals surface area (Å²) in [5.41, 5.74) is -0.593. The third-order valence-corrected chi connectivity index (χ3v) is 5.44. The van der Waals surface area contributed by atoms with Crippen LogP contribution in [0.25, 0.3) is 0 Å². The van der Waals surface area contributed by atoms with Crippen LogP contribution in [0.15, 0.2) is 23.4 Å². The van der Waals surface area contributed by atoms with Crippen molar-refractivity contribution in [3.63, 3.8) is 0 Å². The second kappa shape index (κ2) is 5.67. The summed E-state index contributed by atoms with van der Waals surface area (Å²) in [6.45, 7) is 4.10. The minimum Gasteiger partial charge on any atom is -0.369 e. The Morgan fingerprint density at radius 2 is 2.25 bits per heavy atom. The molecule has 0 amide bonds. The minimum atomic E-state index is -3.77. The number of hydrogen-bond donors (Lipinski definition) is 0. The summed E-state index contributed by atoms with van der Waals surface area (Å²) in [5.74, 6) is -0.671. The van der Waals surface area contributed by atoms with Gasteiger partial charge in [0.1, 0.15) is 10.7 Å². The van der Waals surface area contributed by atoms with E-state index in [1.807, 2.05) is 13.8 Å². The molecule has 0 bridgehead atoms. The Labute approximate surface area is 126 Å². The molecular weight excluding hydrogens is 351 g/mol. The number of morpholine rings is 1. The van der Waals surface area contributed by atoms with Crippen molar-refractivity contribution in [3.8, 4) is 0 Å². The summed E-state index contributed by atoms with van der Waals surface area (Å²) in [6, 6.07) is 0.980. The molecule has 0 saturated carbocycles. The van der Waals surface area contributed by atoms with Crippen molar-refractivity contribution in [3.05, 3.63) is 24.3 Å². The van der Waals surface area contributed by atoms with Gasteiger partial charge in [0, 0.05) is 24.6 Å². The van der Waals surface area contributed by atoms with Crippen LogP contribution >= 0.6 is 15.9 Å². The van der Waals surface area contributed by atoms with Crippen LogP contribution in [0.3, 0.4) is 0 Å². The van der Waals surface area contributed by atoms with Crippen LogP contribution < -0.4 is 0 Å². The van der Waals surface area contributed by atoms with Crippen molar-refractivity contribution >= 4 is 26.0 Å². The second-order valence-corrected chi connectivity index (χ2v) is 7.88. The van der Waals surface area contributed by atoms with E-state index < -0.39 is 21.4 Å². The molecule has 112 valence electrons. The first-order chi connectivity index (χ1) is 9.24. The third-order valence-electron chi connectivity index (χ3n) is 2.94. The molecule has 1 saturated heterocycles. The molecule has 0 radical (unpaired) electrons. The van der Waals surface area contributed by atoms with Crippen LogP contribution in [0, 0.1) is 5.82 Å². The molecule has 20 heavy (non-hydrogen) atoms. The normalized spacial score (nSPS) is 23.7. The standard InChI is InChI=1S/C12H16BrFN2O3S/c1-12(2)8-16(7-10(4-13)19-12)20(17,18)11-3-9(14)5-15-6-11/h3,5-6,10H,4,7-8H2,1-2H3. The average molecular weight is 367 g/mol. The van der Waals surface area contributed by atoms with Gasteiger partial charge in [-0.05, 0) is 19.9 Å². The molecule has 0 spiro atoms. The van der Waals surface area contributed by atoms with Gasteiger partial charge in [0.05, 0.1) is 17.9 Å². The van der Waals surface area contributed by atoms with E-state index in [0.717, 1.165) is 18.5 Å². The molecule has 1 aliphatic rings. The van der Waals surface area contributed by atoms with E-state index in [1.165, 1.54) is 4.31 Å². The number of alkyl halides is 1. The molecule has 0 aliphatic carbocycles. The highest BCUT2D eigenvalue weighted by Gasteiger charge is 2.39. The highest BCUT2D eigenvalue weighted by atomic mass is 79.9. The molecule has 0 N–H and O–H groups in total. The van der Waals surface area contributed by atoms with Crippen molar-refractivity contribution in [2.24, 2.45) is 0 Å². The Morgan fingerprint density at radius 3 is 2.85 bits per heavy atom. The summed E-state index contributed by atoms with van der Waals surface area (Å²) >= 11 is 3.31. The van der Waals surface area contributed by atoms with E-state index in [1.54, 1.807) is 0 Å². The maximum absolute atomic E-state index is 13.2. The zero-order valence-corrected chi connectivity index (χ0v) is 13.6. The molecule has 8 heteroatoms. The topological polar surface area (TPSA) is 59.5 Å². The molecule has 1 fully saturated rings. The fraction of sp³-hybridized carbons (Fsp3) is 0.583. The molecule has 1 aromatic heterocycles. The number of aromatic nitrogens is 1. The maximum atomic E-state index is 13.2. The molecule has 2 heterocycles. The second-order valence-electron chi connectivity index (χ2n) is 5.29. The van der Waals surface area contributed by atoms with Crippen LogP contribution in [0.1, 0.15) is 13.8 Å². The quantitative estimate of drug-likeness (QED) is 0.765. The van der Waals surface area contributed by atoms with Crippen molar-refractivity contribution in [1.29, 1.82) is 0 Å². The van der Waals surface area contributed by atoms with Gasteiger partial charge >= 0.3 is 0 Å². The number of ether oxygens (including phenoxy) is 1. The van der Waals surface area contributed by atoms with Gasteiger partial charge in [-0.3, -0.25) is 4.98 Å². The number of nitrogens with zero attached hydrogens (tertiary/aromatic N) is 2. The lowest BCUT2D eigenvalue weighted by atomic mass is 10.1. The van der Waals surface area contributed by atoms with Gasteiger partial charge in [0.2, 0.25) is 10.0 Å². The van der Waals surface area contributed by atoms with Gasteiger partial charge in [-0.1, -0.05) is 15.9 Å². The van der Waals surface area contributed by atoms with Gasteiger partial charge in [0.15, 0.2) is 0 Å². The van der Waals surface area contributed by atoms with Crippen molar-refractivity contribution in [1.82, 2.24) is 9.29 Å². The predicted molar refractivity (Wildman–Crippen MR) is 75.7 cm³/mol. The van der Waals surface area contributed by atoms with Crippen LogP contribution in [0.4, 0.5) is 4.39 Å². The minimum absolute atomic E-state index is 0.136. The van der Waals surface area contributed by atoms with E-state index in [0.29, 0.717) is 5.33 Å². The Hall–Kier alpha value is -0.570. The fourth-order valence-corrected chi connectivity index (χ4v) is 4.12.